The molecule has 1 heterocycles. The quantitative estimate of drug-likeness (QED) is 0.845. The van der Waals surface area contributed by atoms with Crippen molar-refractivity contribution >= 4 is 17.6 Å². The molecule has 0 aliphatic heterocycles. The van der Waals surface area contributed by atoms with Crippen LogP contribution in [0.2, 0.25) is 0 Å². The first-order chi connectivity index (χ1) is 8.17. The van der Waals surface area contributed by atoms with E-state index in [2.05, 4.69) is 9.97 Å². The summed E-state index contributed by atoms with van der Waals surface area (Å²) < 4.78 is 5.60. The number of thioether (sulfide) groups is 1. The summed E-state index contributed by atoms with van der Waals surface area (Å²) in [5.74, 6) is 2.21. The molecule has 2 aromatic rings. The molecule has 1 aromatic carbocycles. The summed E-state index contributed by atoms with van der Waals surface area (Å²) in [5.41, 5.74) is 5.62. The second-order valence-electron chi connectivity index (χ2n) is 3.46. The Hall–Kier alpha value is -1.75. The zero-order valence-corrected chi connectivity index (χ0v) is 10.5. The minimum atomic E-state index is 0.410. The lowest BCUT2D eigenvalue weighted by Gasteiger charge is -2.06. The lowest BCUT2D eigenvalue weighted by molar-refractivity contribution is 0.460. The minimum absolute atomic E-state index is 0.410. The smallest absolute Gasteiger partial charge is 0.224 e. The van der Waals surface area contributed by atoms with Gasteiger partial charge in [0.2, 0.25) is 5.88 Å². The molecule has 1 aromatic heterocycles. The highest BCUT2D eigenvalue weighted by Crippen LogP contribution is 2.23. The Labute approximate surface area is 104 Å². The van der Waals surface area contributed by atoms with Crippen molar-refractivity contribution in [2.45, 2.75) is 11.8 Å². The Morgan fingerprint density at radius 1 is 1.18 bits per heavy atom. The molecule has 4 nitrogen and oxygen atoms in total. The van der Waals surface area contributed by atoms with Gasteiger partial charge in [-0.2, -0.15) is 4.98 Å². The molecule has 0 amide bonds. The van der Waals surface area contributed by atoms with Gasteiger partial charge in [-0.1, -0.05) is 0 Å². The molecule has 17 heavy (non-hydrogen) atoms. The van der Waals surface area contributed by atoms with E-state index in [-0.39, 0.29) is 0 Å². The number of ether oxygens (including phenoxy) is 1. The molecule has 0 aliphatic rings. The number of nitrogens with zero attached hydrogens (tertiary/aromatic N) is 2. The van der Waals surface area contributed by atoms with Gasteiger partial charge >= 0.3 is 0 Å². The summed E-state index contributed by atoms with van der Waals surface area (Å²) in [6, 6.07) is 9.41. The molecule has 2 N–H and O–H groups in total. The number of benzene rings is 1. The molecule has 0 saturated carbocycles. The number of aryl methyl sites for hydroxylation is 1. The van der Waals surface area contributed by atoms with Crippen LogP contribution in [0.4, 0.5) is 5.82 Å². The molecule has 0 spiro atoms. The van der Waals surface area contributed by atoms with E-state index in [9.17, 15) is 0 Å². The van der Waals surface area contributed by atoms with Crippen LogP contribution >= 0.6 is 11.8 Å². The van der Waals surface area contributed by atoms with Crippen LogP contribution in [0.15, 0.2) is 35.2 Å². The fourth-order valence-electron chi connectivity index (χ4n) is 1.38. The first kappa shape index (κ1) is 11.7. The van der Waals surface area contributed by atoms with E-state index in [0.29, 0.717) is 17.5 Å². The maximum absolute atomic E-state index is 5.62. The number of nitrogens with two attached hydrogens (primary N) is 1. The summed E-state index contributed by atoms with van der Waals surface area (Å²) in [6.07, 6.45) is 2.03. The standard InChI is InChI=1S/C12H13N3OS/c1-8-14-11(13)7-12(15-8)16-9-3-5-10(17-2)6-4-9/h3-7H,1-2H3,(H2,13,14,15). The fourth-order valence-corrected chi connectivity index (χ4v) is 1.79. The Kier molecular flexibility index (Phi) is 3.49. The number of anilines is 1. The molecule has 0 aliphatic carbocycles. The second kappa shape index (κ2) is 5.05. The third kappa shape index (κ3) is 3.10. The topological polar surface area (TPSA) is 61.0 Å². The molecule has 0 saturated heterocycles. The Bertz CT molecular complexity index is 493. The third-order valence-corrected chi connectivity index (χ3v) is 2.86. The van der Waals surface area contributed by atoms with Gasteiger partial charge in [0.05, 0.1) is 0 Å². The molecule has 5 heteroatoms. The monoisotopic (exact) mass is 247 g/mol. The van der Waals surface area contributed by atoms with Gasteiger partial charge in [-0.05, 0) is 37.4 Å². The Balaban J connectivity index is 2.19. The van der Waals surface area contributed by atoms with Crippen molar-refractivity contribution in [2.75, 3.05) is 12.0 Å². The summed E-state index contributed by atoms with van der Waals surface area (Å²) >= 11 is 1.69. The maximum Gasteiger partial charge on any atom is 0.224 e. The average Bonchev–Trinajstić information content (AvgIpc) is 2.28. The van der Waals surface area contributed by atoms with Crippen molar-refractivity contribution in [1.82, 2.24) is 9.97 Å². The molecule has 0 unspecified atom stereocenters. The van der Waals surface area contributed by atoms with E-state index in [1.165, 1.54) is 4.90 Å². The number of aromatic nitrogens is 2. The van der Waals surface area contributed by atoms with Crippen LogP contribution in [0.25, 0.3) is 0 Å². The van der Waals surface area contributed by atoms with Crippen LogP contribution in [-0.2, 0) is 0 Å². The van der Waals surface area contributed by atoms with Gasteiger partial charge in [0.15, 0.2) is 0 Å². The van der Waals surface area contributed by atoms with E-state index in [1.807, 2.05) is 30.5 Å². The summed E-state index contributed by atoms with van der Waals surface area (Å²) in [7, 11) is 0. The third-order valence-electron chi connectivity index (χ3n) is 2.12. The van der Waals surface area contributed by atoms with Crippen molar-refractivity contribution < 1.29 is 4.74 Å². The molecular formula is C12H13N3OS. The van der Waals surface area contributed by atoms with E-state index < -0.39 is 0 Å². The van der Waals surface area contributed by atoms with Gasteiger partial charge in [-0.15, -0.1) is 11.8 Å². The first-order valence-electron chi connectivity index (χ1n) is 5.10. The molecule has 0 atom stereocenters. The van der Waals surface area contributed by atoms with E-state index in [0.717, 1.165) is 5.75 Å². The van der Waals surface area contributed by atoms with Crippen LogP contribution < -0.4 is 10.5 Å². The predicted molar refractivity (Wildman–Crippen MR) is 69.5 cm³/mol. The highest BCUT2D eigenvalue weighted by atomic mass is 32.2. The molecule has 0 bridgehead atoms. The Morgan fingerprint density at radius 2 is 1.88 bits per heavy atom. The molecular weight excluding hydrogens is 234 g/mol. The number of nitrogen functional groups attached to an aromatic ring is 1. The van der Waals surface area contributed by atoms with Crippen LogP contribution in [0.5, 0.6) is 11.6 Å². The van der Waals surface area contributed by atoms with Crippen molar-refractivity contribution in [3.8, 4) is 11.6 Å². The maximum atomic E-state index is 5.62. The second-order valence-corrected chi connectivity index (χ2v) is 4.34. The van der Waals surface area contributed by atoms with Crippen LogP contribution in [0, 0.1) is 6.92 Å². The lowest BCUT2D eigenvalue weighted by Crippen LogP contribution is -1.97. The fraction of sp³-hybridized carbons (Fsp3) is 0.167. The number of hydrogen-bond acceptors (Lipinski definition) is 5. The van der Waals surface area contributed by atoms with E-state index in [4.69, 9.17) is 10.5 Å². The summed E-state index contributed by atoms with van der Waals surface area (Å²) in [6.45, 7) is 1.78. The van der Waals surface area contributed by atoms with Crippen molar-refractivity contribution in [3.63, 3.8) is 0 Å². The minimum Gasteiger partial charge on any atom is -0.439 e. The van der Waals surface area contributed by atoms with Crippen molar-refractivity contribution in [2.24, 2.45) is 0 Å². The van der Waals surface area contributed by atoms with Gasteiger partial charge in [0.1, 0.15) is 17.4 Å². The van der Waals surface area contributed by atoms with Crippen molar-refractivity contribution in [3.05, 3.63) is 36.2 Å². The van der Waals surface area contributed by atoms with Crippen molar-refractivity contribution in [1.29, 1.82) is 0 Å². The average molecular weight is 247 g/mol. The number of rotatable bonds is 3. The molecule has 88 valence electrons. The van der Waals surface area contributed by atoms with Gasteiger partial charge in [-0.3, -0.25) is 0 Å². The molecule has 0 radical (unpaired) electrons. The van der Waals surface area contributed by atoms with Gasteiger partial charge in [0.25, 0.3) is 0 Å². The van der Waals surface area contributed by atoms with E-state index in [1.54, 1.807) is 24.8 Å². The SMILES string of the molecule is CSc1ccc(Oc2cc(N)nc(C)n2)cc1. The van der Waals surface area contributed by atoms with Crippen LogP contribution in [0.3, 0.4) is 0 Å². The molecule has 0 fully saturated rings. The van der Waals surface area contributed by atoms with Gasteiger partial charge < -0.3 is 10.5 Å². The first-order valence-corrected chi connectivity index (χ1v) is 6.33. The van der Waals surface area contributed by atoms with Crippen LogP contribution in [0.1, 0.15) is 5.82 Å². The van der Waals surface area contributed by atoms with Gasteiger partial charge in [-0.25, -0.2) is 4.98 Å². The summed E-state index contributed by atoms with van der Waals surface area (Å²) in [5, 5.41) is 0. The van der Waals surface area contributed by atoms with E-state index >= 15 is 0 Å². The van der Waals surface area contributed by atoms with Gasteiger partial charge in [0, 0.05) is 11.0 Å². The molecule has 2 rings (SSSR count). The zero-order valence-electron chi connectivity index (χ0n) is 9.68. The largest absolute Gasteiger partial charge is 0.439 e. The lowest BCUT2D eigenvalue weighted by atomic mass is 10.3. The predicted octanol–water partition coefficient (Wildman–Crippen LogP) is 2.88. The summed E-state index contributed by atoms with van der Waals surface area (Å²) in [4.78, 5) is 9.33. The Morgan fingerprint density at radius 3 is 2.47 bits per heavy atom. The zero-order chi connectivity index (χ0) is 12.3. The normalized spacial score (nSPS) is 10.2. The highest BCUT2D eigenvalue weighted by molar-refractivity contribution is 7.98. The van der Waals surface area contributed by atoms with Crippen LogP contribution in [-0.4, -0.2) is 16.2 Å². The number of hydrogen-bond donors (Lipinski definition) is 1. The highest BCUT2D eigenvalue weighted by Gasteiger charge is 2.02.